The smallest absolute Gasteiger partial charge is 0.0587 e. The van der Waals surface area contributed by atoms with Crippen molar-refractivity contribution in [2.75, 3.05) is 20.3 Å². The number of ether oxygens (including phenoxy) is 1. The zero-order valence-electron chi connectivity index (χ0n) is 10.1. The van der Waals surface area contributed by atoms with Crippen LogP contribution >= 0.6 is 0 Å². The van der Waals surface area contributed by atoms with Crippen LogP contribution in [-0.2, 0) is 4.74 Å². The molecule has 0 spiro atoms. The van der Waals surface area contributed by atoms with Crippen LogP contribution in [0.25, 0.3) is 0 Å². The highest BCUT2D eigenvalue weighted by molar-refractivity contribution is 4.86. The highest BCUT2D eigenvalue weighted by atomic mass is 16.5. The Morgan fingerprint density at radius 3 is 2.64 bits per heavy atom. The van der Waals surface area contributed by atoms with Gasteiger partial charge in [0.15, 0.2) is 0 Å². The molecule has 0 amide bonds. The van der Waals surface area contributed by atoms with Gasteiger partial charge < -0.3 is 10.1 Å². The second-order valence-electron chi connectivity index (χ2n) is 5.56. The van der Waals surface area contributed by atoms with E-state index in [0.29, 0.717) is 11.5 Å². The monoisotopic (exact) mass is 199 g/mol. The molecule has 1 fully saturated rings. The van der Waals surface area contributed by atoms with Crippen molar-refractivity contribution in [1.82, 2.24) is 5.32 Å². The maximum Gasteiger partial charge on any atom is 0.0587 e. The summed E-state index contributed by atoms with van der Waals surface area (Å²) in [6.07, 6.45) is 4.00. The van der Waals surface area contributed by atoms with E-state index in [1.54, 1.807) is 7.11 Å². The Morgan fingerprint density at radius 2 is 2.07 bits per heavy atom. The fourth-order valence-electron chi connectivity index (χ4n) is 2.87. The molecule has 0 saturated heterocycles. The molecule has 0 aliphatic heterocycles. The topological polar surface area (TPSA) is 21.3 Å². The van der Waals surface area contributed by atoms with Gasteiger partial charge in [0.05, 0.1) is 6.61 Å². The molecule has 1 N–H and O–H groups in total. The molecule has 0 bridgehead atoms. The lowest BCUT2D eigenvalue weighted by atomic mass is 9.70. The first-order chi connectivity index (χ1) is 6.53. The van der Waals surface area contributed by atoms with Crippen molar-refractivity contribution >= 4 is 0 Å². The Hall–Kier alpha value is -0.0800. The molecular weight excluding hydrogens is 174 g/mol. The molecule has 0 radical (unpaired) electrons. The van der Waals surface area contributed by atoms with E-state index in [4.69, 9.17) is 4.74 Å². The fourth-order valence-corrected chi connectivity index (χ4v) is 2.87. The first-order valence-electron chi connectivity index (χ1n) is 5.76. The first-order valence-corrected chi connectivity index (χ1v) is 5.76. The van der Waals surface area contributed by atoms with Gasteiger partial charge >= 0.3 is 0 Å². The molecule has 2 nitrogen and oxygen atoms in total. The summed E-state index contributed by atoms with van der Waals surface area (Å²) in [5, 5.41) is 3.58. The Morgan fingerprint density at radius 1 is 1.36 bits per heavy atom. The fraction of sp³-hybridized carbons (Fsp3) is 1.00. The van der Waals surface area contributed by atoms with E-state index in [9.17, 15) is 0 Å². The summed E-state index contributed by atoms with van der Waals surface area (Å²) >= 11 is 0. The lowest BCUT2D eigenvalue weighted by Crippen LogP contribution is -2.41. The van der Waals surface area contributed by atoms with Gasteiger partial charge in [-0.1, -0.05) is 20.8 Å². The molecule has 1 unspecified atom stereocenters. The first kappa shape index (κ1) is 12.0. The Balaban J connectivity index is 2.30. The lowest BCUT2D eigenvalue weighted by Gasteiger charge is -2.39. The Labute approximate surface area is 88.4 Å². The van der Waals surface area contributed by atoms with Crippen LogP contribution in [0.15, 0.2) is 0 Å². The molecule has 2 heteroatoms. The van der Waals surface area contributed by atoms with Gasteiger partial charge in [0.25, 0.3) is 0 Å². The van der Waals surface area contributed by atoms with E-state index in [0.717, 1.165) is 19.1 Å². The van der Waals surface area contributed by atoms with Crippen molar-refractivity contribution in [3.63, 3.8) is 0 Å². The number of rotatable bonds is 4. The van der Waals surface area contributed by atoms with Gasteiger partial charge in [-0.15, -0.1) is 0 Å². The minimum atomic E-state index is 0.516. The van der Waals surface area contributed by atoms with Gasteiger partial charge in [0, 0.05) is 19.7 Å². The van der Waals surface area contributed by atoms with Crippen LogP contribution in [0.3, 0.4) is 0 Å². The third kappa shape index (κ3) is 3.97. The van der Waals surface area contributed by atoms with Gasteiger partial charge in [-0.25, -0.2) is 0 Å². The largest absolute Gasteiger partial charge is 0.383 e. The maximum atomic E-state index is 5.05. The van der Waals surface area contributed by atoms with Gasteiger partial charge in [-0.05, 0) is 30.6 Å². The highest BCUT2D eigenvalue weighted by Crippen LogP contribution is 2.38. The minimum absolute atomic E-state index is 0.516. The van der Waals surface area contributed by atoms with Crippen LogP contribution in [0.5, 0.6) is 0 Å². The molecule has 1 aliphatic rings. The van der Waals surface area contributed by atoms with Crippen LogP contribution in [0.1, 0.15) is 40.0 Å². The molecule has 1 aliphatic carbocycles. The zero-order valence-corrected chi connectivity index (χ0v) is 10.1. The predicted octanol–water partition coefficient (Wildman–Crippen LogP) is 2.44. The summed E-state index contributed by atoms with van der Waals surface area (Å²) in [5.41, 5.74) is 0.516. The third-order valence-electron chi connectivity index (χ3n) is 3.13. The summed E-state index contributed by atoms with van der Waals surface area (Å²) in [7, 11) is 1.76. The highest BCUT2D eigenvalue weighted by Gasteiger charge is 2.31. The van der Waals surface area contributed by atoms with E-state index < -0.39 is 0 Å². The quantitative estimate of drug-likeness (QED) is 0.702. The van der Waals surface area contributed by atoms with Gasteiger partial charge in [0.2, 0.25) is 0 Å². The van der Waals surface area contributed by atoms with E-state index in [1.165, 1.54) is 19.3 Å². The normalized spacial score (nSPS) is 31.7. The molecular formula is C12H25NO. The van der Waals surface area contributed by atoms with E-state index in [2.05, 4.69) is 26.1 Å². The summed E-state index contributed by atoms with van der Waals surface area (Å²) in [4.78, 5) is 0. The second kappa shape index (κ2) is 5.13. The standard InChI is InChI=1S/C12H25NO/c1-10-7-11(13-5-6-14-4)9-12(2,3)8-10/h10-11,13H,5-9H2,1-4H3/t10-,11?/m0/s1. The van der Waals surface area contributed by atoms with Crippen LogP contribution in [0.2, 0.25) is 0 Å². The van der Waals surface area contributed by atoms with Crippen molar-refractivity contribution in [1.29, 1.82) is 0 Å². The Bertz CT molecular complexity index is 168. The molecule has 14 heavy (non-hydrogen) atoms. The predicted molar refractivity (Wildman–Crippen MR) is 60.5 cm³/mol. The number of hydrogen-bond donors (Lipinski definition) is 1. The van der Waals surface area contributed by atoms with Gasteiger partial charge in [-0.3, -0.25) is 0 Å². The van der Waals surface area contributed by atoms with Crippen molar-refractivity contribution < 1.29 is 4.74 Å². The number of methoxy groups -OCH3 is 1. The molecule has 1 saturated carbocycles. The maximum absolute atomic E-state index is 5.05. The zero-order chi connectivity index (χ0) is 10.6. The van der Waals surface area contributed by atoms with Crippen LogP contribution in [0, 0.1) is 11.3 Å². The van der Waals surface area contributed by atoms with Gasteiger partial charge in [-0.2, -0.15) is 0 Å². The molecule has 84 valence electrons. The van der Waals surface area contributed by atoms with E-state index >= 15 is 0 Å². The molecule has 0 aromatic rings. The third-order valence-corrected chi connectivity index (χ3v) is 3.13. The van der Waals surface area contributed by atoms with Crippen LogP contribution < -0.4 is 5.32 Å². The summed E-state index contributed by atoms with van der Waals surface area (Å²) in [5.74, 6) is 0.860. The van der Waals surface area contributed by atoms with Crippen molar-refractivity contribution in [3.8, 4) is 0 Å². The summed E-state index contributed by atoms with van der Waals surface area (Å²) < 4.78 is 5.05. The van der Waals surface area contributed by atoms with Crippen LogP contribution in [-0.4, -0.2) is 26.3 Å². The Kier molecular flexibility index (Phi) is 4.39. The SMILES string of the molecule is COCCNC1C[C@H](C)CC(C)(C)C1. The van der Waals surface area contributed by atoms with Crippen molar-refractivity contribution in [3.05, 3.63) is 0 Å². The number of nitrogens with one attached hydrogen (secondary N) is 1. The molecule has 0 aromatic heterocycles. The second-order valence-corrected chi connectivity index (χ2v) is 5.56. The van der Waals surface area contributed by atoms with E-state index in [1.807, 2.05) is 0 Å². The number of hydrogen-bond acceptors (Lipinski definition) is 2. The van der Waals surface area contributed by atoms with Crippen LogP contribution in [0.4, 0.5) is 0 Å². The molecule has 2 atom stereocenters. The summed E-state index contributed by atoms with van der Waals surface area (Å²) in [6.45, 7) is 8.95. The van der Waals surface area contributed by atoms with Crippen molar-refractivity contribution in [2.45, 2.75) is 46.1 Å². The average Bonchev–Trinajstić information content (AvgIpc) is 2.00. The van der Waals surface area contributed by atoms with E-state index in [-0.39, 0.29) is 0 Å². The lowest BCUT2D eigenvalue weighted by molar-refractivity contribution is 0.139. The average molecular weight is 199 g/mol. The molecule has 1 rings (SSSR count). The van der Waals surface area contributed by atoms with Crippen molar-refractivity contribution in [2.24, 2.45) is 11.3 Å². The van der Waals surface area contributed by atoms with Gasteiger partial charge in [0.1, 0.15) is 0 Å². The molecule has 0 heterocycles. The molecule has 0 aromatic carbocycles. The minimum Gasteiger partial charge on any atom is -0.383 e. The summed E-state index contributed by atoms with van der Waals surface area (Å²) in [6, 6.07) is 0.698.